The van der Waals surface area contributed by atoms with Crippen molar-refractivity contribution in [2.24, 2.45) is 4.99 Å². The Morgan fingerprint density at radius 2 is 2.16 bits per heavy atom. The quantitative estimate of drug-likeness (QED) is 0.248. The maximum Gasteiger partial charge on any atom is 0.324 e. The predicted molar refractivity (Wildman–Crippen MR) is 109 cm³/mol. The third-order valence-corrected chi connectivity index (χ3v) is 4.61. The molecule has 2 N–H and O–H groups in total. The lowest BCUT2D eigenvalue weighted by Gasteiger charge is -2.30. The average Bonchev–Trinajstić information content (AvgIpc) is 3.14. The van der Waals surface area contributed by atoms with Crippen LogP contribution in [0, 0.1) is 0 Å². The molecule has 0 saturated carbocycles. The molecule has 3 amide bonds. The van der Waals surface area contributed by atoms with Crippen LogP contribution in [0.1, 0.15) is 26.7 Å². The maximum absolute atomic E-state index is 11.6. The van der Waals surface area contributed by atoms with E-state index in [1.807, 2.05) is 14.0 Å². The summed E-state index contributed by atoms with van der Waals surface area (Å²) in [6.45, 7) is 9.04. The fraction of sp³-hybridized carbons (Fsp3) is 0.812. The van der Waals surface area contributed by atoms with Gasteiger partial charge in [0.05, 0.1) is 19.6 Å². The molecule has 25 heavy (non-hydrogen) atoms. The van der Waals surface area contributed by atoms with E-state index in [9.17, 15) is 9.59 Å². The Labute approximate surface area is 167 Å². The van der Waals surface area contributed by atoms with Crippen molar-refractivity contribution in [1.29, 1.82) is 0 Å². The molecule has 2 saturated heterocycles. The summed E-state index contributed by atoms with van der Waals surface area (Å²) in [5.74, 6) is 0.644. The molecule has 2 rings (SSSR count). The first-order valence-electron chi connectivity index (χ1n) is 8.88. The zero-order chi connectivity index (χ0) is 17.5. The number of nitrogens with zero attached hydrogens (tertiary/aromatic N) is 4. The molecule has 0 aromatic carbocycles. The minimum atomic E-state index is -0.321. The number of rotatable bonds is 7. The first-order valence-corrected chi connectivity index (χ1v) is 8.88. The zero-order valence-electron chi connectivity index (χ0n) is 15.5. The molecule has 1 atom stereocenters. The van der Waals surface area contributed by atoms with Crippen molar-refractivity contribution in [3.05, 3.63) is 0 Å². The lowest BCUT2D eigenvalue weighted by atomic mass is 10.2. The van der Waals surface area contributed by atoms with Crippen molar-refractivity contribution < 1.29 is 9.59 Å². The van der Waals surface area contributed by atoms with Gasteiger partial charge in [-0.05, 0) is 32.9 Å². The van der Waals surface area contributed by atoms with Gasteiger partial charge in [0, 0.05) is 26.2 Å². The molecule has 8 nitrogen and oxygen atoms in total. The summed E-state index contributed by atoms with van der Waals surface area (Å²) >= 11 is 0. The van der Waals surface area contributed by atoms with Crippen molar-refractivity contribution in [3.63, 3.8) is 0 Å². The van der Waals surface area contributed by atoms with Gasteiger partial charge in [0.15, 0.2) is 5.96 Å². The Balaban J connectivity index is 0.00000312. The van der Waals surface area contributed by atoms with E-state index in [1.165, 1.54) is 24.3 Å². The average molecular weight is 466 g/mol. The Morgan fingerprint density at radius 1 is 1.40 bits per heavy atom. The van der Waals surface area contributed by atoms with Gasteiger partial charge in [-0.15, -0.1) is 24.0 Å². The number of guanidine groups is 1. The topological polar surface area (TPSA) is 80.3 Å². The fourth-order valence-corrected chi connectivity index (χ4v) is 3.33. The number of amides is 3. The maximum atomic E-state index is 11.6. The summed E-state index contributed by atoms with van der Waals surface area (Å²) in [6.07, 6.45) is 2.48. The predicted octanol–water partition coefficient (Wildman–Crippen LogP) is 0.538. The van der Waals surface area contributed by atoms with Crippen LogP contribution in [0.15, 0.2) is 4.99 Å². The van der Waals surface area contributed by atoms with Crippen LogP contribution in [-0.2, 0) is 4.79 Å². The molecular weight excluding hydrogens is 435 g/mol. The van der Waals surface area contributed by atoms with Crippen molar-refractivity contribution in [2.75, 3.05) is 52.9 Å². The van der Waals surface area contributed by atoms with Gasteiger partial charge in [-0.25, -0.2) is 4.79 Å². The first-order chi connectivity index (χ1) is 11.6. The number of likely N-dealkylation sites (N-methyl/N-ethyl adjacent to an activating group) is 2. The monoisotopic (exact) mass is 466 g/mol. The van der Waals surface area contributed by atoms with E-state index in [2.05, 4.69) is 32.3 Å². The molecule has 0 aromatic heterocycles. The number of nitrogens with one attached hydrogen (secondary N) is 2. The van der Waals surface area contributed by atoms with Gasteiger partial charge in [0.2, 0.25) is 5.91 Å². The highest BCUT2D eigenvalue weighted by Gasteiger charge is 2.28. The molecule has 9 heteroatoms. The van der Waals surface area contributed by atoms with Crippen LogP contribution in [0.5, 0.6) is 0 Å². The number of hydrogen-bond acceptors (Lipinski definition) is 4. The Bertz CT molecular complexity index is 471. The highest BCUT2D eigenvalue weighted by atomic mass is 127. The molecule has 1 unspecified atom stereocenters. The van der Waals surface area contributed by atoms with Gasteiger partial charge in [0.1, 0.15) is 0 Å². The summed E-state index contributed by atoms with van der Waals surface area (Å²) in [5, 5.41) is 5.81. The second-order valence-electron chi connectivity index (χ2n) is 6.24. The number of carbonyl (C=O) groups excluding carboxylic acids is 2. The van der Waals surface area contributed by atoms with E-state index >= 15 is 0 Å². The van der Waals surface area contributed by atoms with Crippen LogP contribution in [0.2, 0.25) is 0 Å². The molecule has 0 spiro atoms. The van der Waals surface area contributed by atoms with Crippen LogP contribution < -0.4 is 10.6 Å². The Morgan fingerprint density at radius 3 is 2.76 bits per heavy atom. The van der Waals surface area contributed by atoms with E-state index in [0.29, 0.717) is 19.1 Å². The molecule has 2 aliphatic rings. The van der Waals surface area contributed by atoms with Crippen LogP contribution in [-0.4, -0.2) is 91.5 Å². The van der Waals surface area contributed by atoms with Gasteiger partial charge < -0.3 is 15.5 Å². The van der Waals surface area contributed by atoms with Gasteiger partial charge >= 0.3 is 6.03 Å². The lowest BCUT2D eigenvalue weighted by molar-refractivity contribution is -0.124. The van der Waals surface area contributed by atoms with E-state index in [1.54, 1.807) is 0 Å². The van der Waals surface area contributed by atoms with Crippen LogP contribution in [0.4, 0.5) is 4.79 Å². The summed E-state index contributed by atoms with van der Waals surface area (Å²) < 4.78 is 0. The van der Waals surface area contributed by atoms with Crippen molar-refractivity contribution in [2.45, 2.75) is 32.7 Å². The molecule has 0 aromatic rings. The second-order valence-corrected chi connectivity index (χ2v) is 6.24. The highest BCUT2D eigenvalue weighted by molar-refractivity contribution is 14.0. The highest BCUT2D eigenvalue weighted by Crippen LogP contribution is 2.17. The Hall–Kier alpha value is -1.10. The van der Waals surface area contributed by atoms with Crippen molar-refractivity contribution in [3.8, 4) is 0 Å². The minimum absolute atomic E-state index is 0. The molecule has 144 valence electrons. The van der Waals surface area contributed by atoms with Gasteiger partial charge in [-0.3, -0.25) is 19.6 Å². The second kappa shape index (κ2) is 10.8. The van der Waals surface area contributed by atoms with Gasteiger partial charge in [-0.2, -0.15) is 0 Å². The number of likely N-dealkylation sites (tertiary alicyclic amines) is 1. The fourth-order valence-electron chi connectivity index (χ4n) is 3.33. The molecule has 0 bridgehead atoms. The third-order valence-electron chi connectivity index (χ3n) is 4.61. The lowest BCUT2D eigenvalue weighted by Crippen LogP contribution is -2.46. The first kappa shape index (κ1) is 21.9. The van der Waals surface area contributed by atoms with Crippen LogP contribution >= 0.6 is 24.0 Å². The number of aliphatic imine (C=N–C) groups is 1. The zero-order valence-corrected chi connectivity index (χ0v) is 17.8. The number of carbonyl (C=O) groups is 2. The number of halogens is 1. The summed E-state index contributed by atoms with van der Waals surface area (Å²) in [4.78, 5) is 33.6. The third kappa shape index (κ3) is 5.98. The summed E-state index contributed by atoms with van der Waals surface area (Å²) in [6, 6.07) is 0.243. The molecule has 0 radical (unpaired) electrons. The normalized spacial score (nSPS) is 21.3. The van der Waals surface area contributed by atoms with Crippen molar-refractivity contribution >= 4 is 41.9 Å². The molecule has 2 fully saturated rings. The van der Waals surface area contributed by atoms with Gasteiger partial charge in [-0.1, -0.05) is 6.92 Å². The van der Waals surface area contributed by atoms with Crippen LogP contribution in [0.3, 0.4) is 0 Å². The van der Waals surface area contributed by atoms with E-state index in [-0.39, 0.29) is 42.5 Å². The van der Waals surface area contributed by atoms with E-state index in [4.69, 9.17) is 0 Å². The number of imide groups is 1. The van der Waals surface area contributed by atoms with Crippen LogP contribution in [0.25, 0.3) is 0 Å². The number of urea groups is 1. The van der Waals surface area contributed by atoms with E-state index in [0.717, 1.165) is 25.6 Å². The largest absolute Gasteiger partial charge is 0.357 e. The Kier molecular flexibility index (Phi) is 9.47. The summed E-state index contributed by atoms with van der Waals surface area (Å²) in [7, 11) is 2.04. The van der Waals surface area contributed by atoms with E-state index < -0.39 is 0 Å². The molecule has 2 aliphatic heterocycles. The minimum Gasteiger partial charge on any atom is -0.357 e. The smallest absolute Gasteiger partial charge is 0.324 e. The summed E-state index contributed by atoms with van der Waals surface area (Å²) in [5.41, 5.74) is 0. The number of hydrogen-bond donors (Lipinski definition) is 2. The standard InChI is InChI=1S/C16H30N6O2.HI/c1-4-17-15(18-8-10-22-14(23)11-19-16(22)24)20(3)12-13-7-6-9-21(13)5-2;/h13H,4-12H2,1-3H3,(H,17,18)(H,19,24);1H. The molecule has 2 heterocycles. The molecular formula is C16H31IN6O2. The molecule has 0 aliphatic carbocycles. The van der Waals surface area contributed by atoms with Gasteiger partial charge in [0.25, 0.3) is 0 Å². The SMILES string of the molecule is CCNC(=NCCN1C(=O)CNC1=O)N(C)CC1CCCN1CC.I. The van der Waals surface area contributed by atoms with Crippen molar-refractivity contribution in [1.82, 2.24) is 25.3 Å².